The third kappa shape index (κ3) is 10.6. The molecule has 0 radical (unpaired) electrons. The van der Waals surface area contributed by atoms with Crippen LogP contribution in [0.2, 0.25) is 0 Å². The van der Waals surface area contributed by atoms with E-state index in [1.807, 2.05) is 31.6 Å². The highest BCUT2D eigenvalue weighted by Crippen LogP contribution is 2.21. The Balaban J connectivity index is 2.15. The lowest BCUT2D eigenvalue weighted by molar-refractivity contribution is -0.120. The topological polar surface area (TPSA) is 69.0 Å². The molecule has 6 nitrogen and oxygen atoms in total. The first-order valence-electron chi connectivity index (χ1n) is 8.49. The molecule has 1 aromatic heterocycles. The van der Waals surface area contributed by atoms with E-state index in [1.165, 1.54) is 0 Å². The van der Waals surface area contributed by atoms with Crippen LogP contribution in [-0.4, -0.2) is 37.1 Å². The van der Waals surface area contributed by atoms with Gasteiger partial charge in [-0.2, -0.15) is 0 Å². The third-order valence-corrected chi connectivity index (χ3v) is 4.21. The van der Waals surface area contributed by atoms with Crippen molar-refractivity contribution >= 4 is 17.7 Å². The van der Waals surface area contributed by atoms with Gasteiger partial charge in [0.15, 0.2) is 0 Å². The number of aromatic nitrogens is 3. The summed E-state index contributed by atoms with van der Waals surface area (Å²) in [7, 11) is 0. The van der Waals surface area contributed by atoms with Gasteiger partial charge in [0.05, 0.1) is 24.3 Å². The second-order valence-electron chi connectivity index (χ2n) is 7.83. The maximum absolute atomic E-state index is 11.7. The van der Waals surface area contributed by atoms with Crippen molar-refractivity contribution in [2.75, 3.05) is 5.88 Å². The van der Waals surface area contributed by atoms with Gasteiger partial charge < -0.3 is 10.1 Å². The molecular weight excluding hydrogens is 324 g/mol. The standard InChI is InChI=1S/C17H32N4O2S/c1-16(2,3)23-12-14-11-21(20-19-14)10-8-7-9-15(22)18-13-24-17(4,5)6/h11H,7-10,12-13H2,1-6H3,(H,18,22). The van der Waals surface area contributed by atoms with Crippen molar-refractivity contribution in [3.8, 4) is 0 Å². The maximum atomic E-state index is 11.7. The molecule has 0 aliphatic heterocycles. The SMILES string of the molecule is CC(C)(C)OCc1cn(CCCCC(=O)NCSC(C)(C)C)nn1. The van der Waals surface area contributed by atoms with Crippen LogP contribution in [0.15, 0.2) is 6.20 Å². The summed E-state index contributed by atoms with van der Waals surface area (Å²) in [5.41, 5.74) is 0.657. The lowest BCUT2D eigenvalue weighted by atomic mass is 10.2. The smallest absolute Gasteiger partial charge is 0.220 e. The van der Waals surface area contributed by atoms with Gasteiger partial charge in [-0.25, -0.2) is 0 Å². The molecule has 1 rings (SSSR count). The van der Waals surface area contributed by atoms with Crippen LogP contribution in [0.25, 0.3) is 0 Å². The van der Waals surface area contributed by atoms with Crippen LogP contribution in [0.4, 0.5) is 0 Å². The molecule has 0 bridgehead atoms. The van der Waals surface area contributed by atoms with E-state index in [0.29, 0.717) is 18.9 Å². The van der Waals surface area contributed by atoms with E-state index in [4.69, 9.17) is 4.74 Å². The quantitative estimate of drug-likeness (QED) is 0.543. The molecule has 0 aliphatic rings. The Labute approximate surface area is 150 Å². The van der Waals surface area contributed by atoms with Crippen molar-refractivity contribution in [3.63, 3.8) is 0 Å². The molecule has 0 spiro atoms. The zero-order chi connectivity index (χ0) is 18.2. The van der Waals surface area contributed by atoms with Crippen LogP contribution < -0.4 is 5.32 Å². The number of hydrogen-bond donors (Lipinski definition) is 1. The van der Waals surface area contributed by atoms with Crippen LogP contribution in [0, 0.1) is 0 Å². The molecule has 1 heterocycles. The molecule has 0 saturated heterocycles. The highest BCUT2D eigenvalue weighted by atomic mass is 32.2. The Morgan fingerprint density at radius 2 is 1.96 bits per heavy atom. The van der Waals surface area contributed by atoms with Crippen molar-refractivity contribution in [2.45, 2.75) is 84.3 Å². The van der Waals surface area contributed by atoms with Crippen molar-refractivity contribution < 1.29 is 9.53 Å². The molecule has 0 unspecified atom stereocenters. The van der Waals surface area contributed by atoms with Crippen LogP contribution in [0.5, 0.6) is 0 Å². The number of thioether (sulfide) groups is 1. The Hall–Kier alpha value is -1.08. The zero-order valence-corrected chi connectivity index (χ0v) is 16.7. The first-order chi connectivity index (χ1) is 11.1. The fourth-order valence-electron chi connectivity index (χ4n) is 1.79. The van der Waals surface area contributed by atoms with Crippen molar-refractivity contribution in [1.82, 2.24) is 20.3 Å². The number of amides is 1. The number of nitrogens with one attached hydrogen (secondary N) is 1. The van der Waals surface area contributed by atoms with E-state index >= 15 is 0 Å². The predicted molar refractivity (Wildman–Crippen MR) is 98.8 cm³/mol. The fraction of sp³-hybridized carbons (Fsp3) is 0.824. The summed E-state index contributed by atoms with van der Waals surface area (Å²) < 4.78 is 7.67. The minimum Gasteiger partial charge on any atom is -0.369 e. The Morgan fingerprint density at radius 1 is 1.25 bits per heavy atom. The summed E-state index contributed by atoms with van der Waals surface area (Å²) >= 11 is 1.74. The maximum Gasteiger partial charge on any atom is 0.220 e. The molecule has 0 saturated carbocycles. The zero-order valence-electron chi connectivity index (χ0n) is 15.9. The van der Waals surface area contributed by atoms with Gasteiger partial charge in [0.2, 0.25) is 5.91 Å². The highest BCUT2D eigenvalue weighted by Gasteiger charge is 2.12. The number of hydrogen-bond acceptors (Lipinski definition) is 5. The number of ether oxygens (including phenoxy) is 1. The van der Waals surface area contributed by atoms with Gasteiger partial charge in [-0.3, -0.25) is 9.48 Å². The lowest BCUT2D eigenvalue weighted by Crippen LogP contribution is -2.25. The molecule has 0 fully saturated rings. The summed E-state index contributed by atoms with van der Waals surface area (Å²) in [4.78, 5) is 11.7. The molecule has 24 heavy (non-hydrogen) atoms. The van der Waals surface area contributed by atoms with Gasteiger partial charge in [-0.1, -0.05) is 26.0 Å². The second-order valence-corrected chi connectivity index (χ2v) is 9.63. The van der Waals surface area contributed by atoms with Gasteiger partial charge in [-0.05, 0) is 33.6 Å². The van der Waals surface area contributed by atoms with Crippen LogP contribution >= 0.6 is 11.8 Å². The van der Waals surface area contributed by atoms with Crippen LogP contribution in [-0.2, 0) is 22.7 Å². The van der Waals surface area contributed by atoms with E-state index in [2.05, 4.69) is 36.4 Å². The van der Waals surface area contributed by atoms with Crippen LogP contribution in [0.1, 0.15) is 66.5 Å². The second kappa shape index (κ2) is 9.42. The minimum absolute atomic E-state index is 0.115. The summed E-state index contributed by atoms with van der Waals surface area (Å²) in [6.45, 7) is 13.7. The summed E-state index contributed by atoms with van der Waals surface area (Å²) in [5, 5.41) is 11.1. The van der Waals surface area contributed by atoms with E-state index < -0.39 is 0 Å². The fourth-order valence-corrected chi connectivity index (χ4v) is 2.45. The Bertz CT molecular complexity index is 503. The van der Waals surface area contributed by atoms with E-state index in [-0.39, 0.29) is 16.3 Å². The number of rotatable bonds is 9. The molecule has 0 aliphatic carbocycles. The average Bonchev–Trinajstić information content (AvgIpc) is 2.87. The number of aryl methyl sites for hydroxylation is 1. The van der Waals surface area contributed by atoms with Crippen LogP contribution in [0.3, 0.4) is 0 Å². The third-order valence-electron chi connectivity index (χ3n) is 3.05. The summed E-state index contributed by atoms with van der Waals surface area (Å²) in [6.07, 6.45) is 4.22. The molecule has 1 N–H and O–H groups in total. The van der Waals surface area contributed by atoms with Gasteiger partial charge >= 0.3 is 0 Å². The Kier molecular flexibility index (Phi) is 8.22. The van der Waals surface area contributed by atoms with Gasteiger partial charge in [0, 0.05) is 17.7 Å². The van der Waals surface area contributed by atoms with E-state index in [1.54, 1.807) is 11.8 Å². The van der Waals surface area contributed by atoms with Crippen molar-refractivity contribution in [3.05, 3.63) is 11.9 Å². The first-order valence-corrected chi connectivity index (χ1v) is 9.47. The monoisotopic (exact) mass is 356 g/mol. The van der Waals surface area contributed by atoms with Crippen molar-refractivity contribution in [1.29, 1.82) is 0 Å². The van der Waals surface area contributed by atoms with E-state index in [0.717, 1.165) is 25.1 Å². The molecule has 1 aromatic rings. The normalized spacial score (nSPS) is 12.4. The molecule has 138 valence electrons. The highest BCUT2D eigenvalue weighted by molar-refractivity contribution is 8.00. The predicted octanol–water partition coefficient (Wildman–Crippen LogP) is 3.37. The minimum atomic E-state index is -0.178. The molecule has 0 atom stereocenters. The average molecular weight is 357 g/mol. The number of carbonyl (C=O) groups excluding carboxylic acids is 1. The Morgan fingerprint density at radius 3 is 2.58 bits per heavy atom. The molecule has 7 heteroatoms. The van der Waals surface area contributed by atoms with Gasteiger partial charge in [0.25, 0.3) is 0 Å². The van der Waals surface area contributed by atoms with Crippen molar-refractivity contribution in [2.24, 2.45) is 0 Å². The lowest BCUT2D eigenvalue weighted by Gasteiger charge is -2.18. The van der Waals surface area contributed by atoms with E-state index in [9.17, 15) is 4.79 Å². The van der Waals surface area contributed by atoms with Gasteiger partial charge in [-0.15, -0.1) is 16.9 Å². The number of nitrogens with zero attached hydrogens (tertiary/aromatic N) is 3. The van der Waals surface area contributed by atoms with Gasteiger partial charge in [0.1, 0.15) is 5.69 Å². The number of unbranched alkanes of at least 4 members (excludes halogenated alkanes) is 1. The molecule has 0 aromatic carbocycles. The largest absolute Gasteiger partial charge is 0.369 e. The molecular formula is C17H32N4O2S. The molecule has 1 amide bonds. The summed E-state index contributed by atoms with van der Waals surface area (Å²) in [5.74, 6) is 0.785. The first kappa shape index (κ1) is 21.0. The summed E-state index contributed by atoms with van der Waals surface area (Å²) in [6, 6.07) is 0. The number of carbonyl (C=O) groups is 1.